The van der Waals surface area contributed by atoms with Crippen molar-refractivity contribution in [2.24, 2.45) is 0 Å². The number of ether oxygens (including phenoxy) is 5. The Labute approximate surface area is 171 Å². The maximum absolute atomic E-state index is 10.5. The first-order valence-electron chi connectivity index (χ1n) is 8.32. The molecule has 0 aliphatic carbocycles. The average Bonchev–Trinajstić information content (AvgIpc) is 2.92. The molecule has 8 atom stereocenters. The van der Waals surface area contributed by atoms with Crippen molar-refractivity contribution in [3.63, 3.8) is 0 Å². The first-order valence-corrected chi connectivity index (χ1v) is 8.32. The second-order valence-electron chi connectivity index (χ2n) is 6.21. The van der Waals surface area contributed by atoms with Crippen LogP contribution in [0, 0.1) is 0 Å². The van der Waals surface area contributed by atoms with E-state index in [2.05, 4.69) is 0 Å². The molecule has 2 aliphatic heterocycles. The van der Waals surface area contributed by atoms with Crippen LogP contribution in [0.25, 0.3) is 0 Å². The summed E-state index contributed by atoms with van der Waals surface area (Å²) in [6, 6.07) is 0. The molecule has 2 saturated heterocycles. The number of hydrogen-bond acceptors (Lipinski definition) is 10. The van der Waals surface area contributed by atoms with Crippen LogP contribution in [0.15, 0.2) is 0 Å². The summed E-state index contributed by atoms with van der Waals surface area (Å²) in [5, 5.41) is 47.1. The minimum atomic E-state index is -1.37. The maximum Gasteiger partial charge on any atom is 0.329 e. The number of hydrogen-bond donors (Lipinski definition) is 5. The molecule has 0 saturated carbocycles. The van der Waals surface area contributed by atoms with E-state index in [1.807, 2.05) is 0 Å². The number of aliphatic carboxylic acids is 1. The molecule has 1 radical (unpaired) electrons. The molecule has 5 N–H and O–H groups in total. The fraction of sp³-hybridized carbons (Fsp3) is 0.933. The van der Waals surface area contributed by atoms with Gasteiger partial charge in [-0.15, -0.1) is 0 Å². The summed E-state index contributed by atoms with van der Waals surface area (Å²) in [5.74, 6) is -1.20. The van der Waals surface area contributed by atoms with Crippen LogP contribution in [0.1, 0.15) is 6.92 Å². The van der Waals surface area contributed by atoms with E-state index in [9.17, 15) is 20.1 Å². The Bertz CT molecular complexity index is 453. The van der Waals surface area contributed by atoms with Crippen LogP contribution in [0.2, 0.25) is 0 Å². The smallest absolute Gasteiger partial charge is 0.329 e. The van der Waals surface area contributed by atoms with Crippen molar-refractivity contribution < 1.29 is 76.4 Å². The van der Waals surface area contributed by atoms with Crippen molar-refractivity contribution in [2.75, 3.05) is 33.0 Å². The van der Waals surface area contributed by atoms with Crippen LogP contribution >= 0.6 is 0 Å². The van der Waals surface area contributed by atoms with E-state index in [4.69, 9.17) is 33.9 Å². The van der Waals surface area contributed by atoms with Gasteiger partial charge in [0, 0.05) is 22.4 Å². The van der Waals surface area contributed by atoms with Gasteiger partial charge in [0.2, 0.25) is 0 Å². The molecule has 27 heavy (non-hydrogen) atoms. The average molecular weight is 490 g/mol. The Morgan fingerprint density at radius 1 is 1.30 bits per heavy atom. The molecule has 2 bridgehead atoms. The molecular weight excluding hydrogens is 464 g/mol. The molecule has 4 unspecified atom stereocenters. The Morgan fingerprint density at radius 2 is 2.00 bits per heavy atom. The molecule has 2 fully saturated rings. The van der Waals surface area contributed by atoms with Gasteiger partial charge in [0.15, 0.2) is 6.29 Å². The van der Waals surface area contributed by atoms with Gasteiger partial charge < -0.3 is 49.2 Å². The topological polar surface area (TPSA) is 164 Å². The van der Waals surface area contributed by atoms with Crippen LogP contribution in [-0.4, -0.2) is 114 Å². The summed E-state index contributed by atoms with van der Waals surface area (Å²) in [4.78, 5) is 10.5. The first-order chi connectivity index (χ1) is 12.4. The number of carbonyl (C=O) groups is 1. The summed E-state index contributed by atoms with van der Waals surface area (Å²) in [5.41, 5.74) is 0. The van der Waals surface area contributed by atoms with E-state index >= 15 is 0 Å². The second kappa shape index (κ2) is 11.8. The maximum atomic E-state index is 10.5. The van der Waals surface area contributed by atoms with Gasteiger partial charge in [-0.2, -0.15) is 0 Å². The molecule has 11 nitrogen and oxygen atoms in total. The molecular formula is C15H26AgO11. The van der Waals surface area contributed by atoms with Gasteiger partial charge in [-0.1, -0.05) is 0 Å². The van der Waals surface area contributed by atoms with Crippen molar-refractivity contribution in [1.82, 2.24) is 0 Å². The molecule has 163 valence electrons. The normalized spacial score (nSPS) is 33.1. The zero-order chi connectivity index (χ0) is 19.3. The summed E-state index contributed by atoms with van der Waals surface area (Å²) >= 11 is 0. The van der Waals surface area contributed by atoms with Gasteiger partial charge in [0.1, 0.15) is 43.2 Å². The number of carboxylic acids is 1. The third kappa shape index (κ3) is 6.70. The SMILES string of the molecule is CC1OC2CO[C@H](C2OC(CO)O[C@H](COCC(=O)O)[C@H](O)CO)[C@@H]1O.[Ag]. The molecule has 0 spiro atoms. The quantitative estimate of drug-likeness (QED) is 0.149. The number of aliphatic hydroxyl groups excluding tert-OH is 4. The van der Waals surface area contributed by atoms with Crippen LogP contribution in [0.4, 0.5) is 0 Å². The first kappa shape index (κ1) is 24.9. The van der Waals surface area contributed by atoms with Crippen LogP contribution in [0.5, 0.6) is 0 Å². The standard InChI is InChI=1S/C15H26O11.Ag/c1-7-13(21)15-14(10(24-7)5-23-15)26-12(3-17)25-9(8(18)2-16)4-22-6-11(19)20;/h7-10,12-18,21H,2-6H2,1H3,(H,19,20);/t7?,8-,9-,10?,12?,13-,14?,15+;/m1./s1. The molecule has 12 heteroatoms. The van der Waals surface area contributed by atoms with E-state index in [-0.39, 0.29) is 35.6 Å². The van der Waals surface area contributed by atoms with Crippen molar-refractivity contribution >= 4 is 5.97 Å². The van der Waals surface area contributed by atoms with Gasteiger partial charge in [0.25, 0.3) is 0 Å². The Morgan fingerprint density at radius 3 is 2.59 bits per heavy atom. The fourth-order valence-corrected chi connectivity index (χ4v) is 2.91. The zero-order valence-corrected chi connectivity index (χ0v) is 16.1. The molecule has 0 amide bonds. The zero-order valence-electron chi connectivity index (χ0n) is 14.6. The van der Waals surface area contributed by atoms with Crippen LogP contribution < -0.4 is 0 Å². The predicted molar refractivity (Wildman–Crippen MR) is 82.2 cm³/mol. The van der Waals surface area contributed by atoms with E-state index in [1.165, 1.54) is 0 Å². The van der Waals surface area contributed by atoms with Crippen molar-refractivity contribution in [3.05, 3.63) is 0 Å². The summed E-state index contributed by atoms with van der Waals surface area (Å²) < 4.78 is 27.0. The van der Waals surface area contributed by atoms with Gasteiger partial charge in [-0.25, -0.2) is 4.79 Å². The summed E-state index contributed by atoms with van der Waals surface area (Å²) in [7, 11) is 0. The number of fused-ring (bicyclic) bond motifs is 2. The predicted octanol–water partition coefficient (Wildman–Crippen LogP) is -2.93. The van der Waals surface area contributed by atoms with E-state index in [0.29, 0.717) is 0 Å². The molecule has 2 rings (SSSR count). The van der Waals surface area contributed by atoms with Gasteiger partial charge >= 0.3 is 5.97 Å². The number of aliphatic hydroxyl groups is 4. The van der Waals surface area contributed by atoms with Crippen molar-refractivity contribution in [2.45, 2.75) is 55.9 Å². The van der Waals surface area contributed by atoms with Crippen molar-refractivity contribution in [3.8, 4) is 0 Å². The van der Waals surface area contributed by atoms with E-state index in [1.54, 1.807) is 6.92 Å². The third-order valence-electron chi connectivity index (χ3n) is 4.26. The fourth-order valence-electron chi connectivity index (χ4n) is 2.91. The monoisotopic (exact) mass is 489 g/mol. The van der Waals surface area contributed by atoms with Gasteiger partial charge in [-0.05, 0) is 6.92 Å². The molecule has 2 aliphatic rings. The van der Waals surface area contributed by atoms with Crippen LogP contribution in [-0.2, 0) is 50.9 Å². The Balaban J connectivity index is 0.00000364. The Kier molecular flexibility index (Phi) is 10.8. The van der Waals surface area contributed by atoms with Crippen molar-refractivity contribution in [1.29, 1.82) is 0 Å². The molecule has 2 heterocycles. The molecule has 0 aromatic rings. The second-order valence-corrected chi connectivity index (χ2v) is 6.21. The summed E-state index contributed by atoms with van der Waals surface area (Å²) in [6.07, 6.45) is -6.84. The number of rotatable bonds is 11. The van der Waals surface area contributed by atoms with Gasteiger partial charge in [-0.3, -0.25) is 0 Å². The number of carboxylic acid groups (broad SMARTS) is 1. The molecule has 0 aromatic heterocycles. The van der Waals surface area contributed by atoms with E-state index in [0.717, 1.165) is 0 Å². The minimum Gasteiger partial charge on any atom is -0.480 e. The Hall–Kier alpha value is -0.150. The molecule has 0 aromatic carbocycles. The largest absolute Gasteiger partial charge is 0.480 e. The summed E-state index contributed by atoms with van der Waals surface area (Å²) in [6.45, 7) is -0.257. The van der Waals surface area contributed by atoms with Gasteiger partial charge in [0.05, 0.1) is 32.5 Å². The minimum absolute atomic E-state index is 0. The van der Waals surface area contributed by atoms with Crippen LogP contribution in [0.3, 0.4) is 0 Å². The van der Waals surface area contributed by atoms with E-state index < -0.39 is 74.8 Å². The third-order valence-corrected chi connectivity index (χ3v) is 4.26.